The molecule has 8 rings (SSSR count). The van der Waals surface area contributed by atoms with Crippen LogP contribution in [0.1, 0.15) is 11.1 Å². The zero-order valence-corrected chi connectivity index (χ0v) is 22.3. The number of para-hydroxylation sites is 2. The highest BCUT2D eigenvalue weighted by atomic mass is 16.3. The molecule has 0 aliphatic carbocycles. The third-order valence-corrected chi connectivity index (χ3v) is 7.92. The molecule has 194 valence electrons. The number of benzene rings is 6. The van der Waals surface area contributed by atoms with Crippen LogP contribution < -0.4 is 0 Å². The van der Waals surface area contributed by atoms with Crippen molar-refractivity contribution in [2.75, 3.05) is 0 Å². The van der Waals surface area contributed by atoms with Crippen molar-refractivity contribution in [2.24, 2.45) is 0 Å². The predicted molar refractivity (Wildman–Crippen MR) is 167 cm³/mol. The minimum atomic E-state index is 0.522. The van der Waals surface area contributed by atoms with Crippen LogP contribution in [0.15, 0.2) is 130 Å². The van der Waals surface area contributed by atoms with Crippen LogP contribution in [0.5, 0.6) is 0 Å². The van der Waals surface area contributed by atoms with E-state index in [1.165, 1.54) is 0 Å². The second-order valence-corrected chi connectivity index (χ2v) is 10.4. The number of rotatable bonds is 3. The molecule has 0 N–H and O–H groups in total. The van der Waals surface area contributed by atoms with E-state index in [4.69, 9.17) is 8.83 Å². The molecule has 2 heterocycles. The number of hydrogen-bond acceptors (Lipinski definition) is 4. The summed E-state index contributed by atoms with van der Waals surface area (Å²) in [5.74, 6) is 0. The second kappa shape index (κ2) is 9.24. The Morgan fingerprint density at radius 2 is 1.00 bits per heavy atom. The van der Waals surface area contributed by atoms with Gasteiger partial charge in [0.25, 0.3) is 0 Å². The number of furan rings is 2. The van der Waals surface area contributed by atoms with Gasteiger partial charge in [0.15, 0.2) is 5.58 Å². The zero-order valence-electron chi connectivity index (χ0n) is 22.3. The van der Waals surface area contributed by atoms with E-state index < -0.39 is 0 Å². The van der Waals surface area contributed by atoms with Gasteiger partial charge in [0.1, 0.15) is 22.8 Å². The van der Waals surface area contributed by atoms with E-state index in [1.807, 2.05) is 66.7 Å². The van der Waals surface area contributed by atoms with Gasteiger partial charge in [-0.1, -0.05) is 54.6 Å². The first-order valence-corrected chi connectivity index (χ1v) is 13.6. The van der Waals surface area contributed by atoms with E-state index in [-0.39, 0.29) is 0 Å². The quantitative estimate of drug-likeness (QED) is 0.225. The fourth-order valence-electron chi connectivity index (χ4n) is 5.87. The summed E-state index contributed by atoms with van der Waals surface area (Å²) in [6.45, 7) is 0. The molecular weight excluding hydrogens is 516 g/mol. The van der Waals surface area contributed by atoms with Crippen molar-refractivity contribution >= 4 is 43.9 Å². The summed E-state index contributed by atoms with van der Waals surface area (Å²) in [5.41, 5.74) is 10.4. The highest BCUT2D eigenvalue weighted by Crippen LogP contribution is 2.39. The highest BCUT2D eigenvalue weighted by Gasteiger charge is 2.14. The smallest absolute Gasteiger partial charge is 0.153 e. The van der Waals surface area contributed by atoms with Crippen molar-refractivity contribution < 1.29 is 8.83 Å². The molecule has 0 fully saturated rings. The summed E-state index contributed by atoms with van der Waals surface area (Å²) in [4.78, 5) is 0. The predicted octanol–water partition coefficient (Wildman–Crippen LogP) is 10.2. The maximum atomic E-state index is 9.58. The van der Waals surface area contributed by atoms with Crippen LogP contribution in [-0.2, 0) is 0 Å². The molecule has 0 spiro atoms. The number of nitriles is 2. The Balaban J connectivity index is 1.36. The Kier molecular flexibility index (Phi) is 5.22. The van der Waals surface area contributed by atoms with Gasteiger partial charge in [-0.15, -0.1) is 0 Å². The Hall–Kier alpha value is -6.10. The van der Waals surface area contributed by atoms with Crippen molar-refractivity contribution in [2.45, 2.75) is 0 Å². The third kappa shape index (κ3) is 3.75. The lowest BCUT2D eigenvalue weighted by Crippen LogP contribution is -1.87. The minimum absolute atomic E-state index is 0.522. The molecule has 0 aliphatic rings. The molecule has 0 bridgehead atoms. The maximum absolute atomic E-state index is 9.58. The number of hydrogen-bond donors (Lipinski definition) is 0. The molecule has 0 unspecified atom stereocenters. The Morgan fingerprint density at radius 3 is 1.71 bits per heavy atom. The van der Waals surface area contributed by atoms with Gasteiger partial charge >= 0.3 is 0 Å². The van der Waals surface area contributed by atoms with Crippen LogP contribution in [0.25, 0.3) is 77.3 Å². The topological polar surface area (TPSA) is 73.9 Å². The van der Waals surface area contributed by atoms with E-state index in [0.717, 1.165) is 71.7 Å². The van der Waals surface area contributed by atoms with Crippen molar-refractivity contribution in [1.82, 2.24) is 0 Å². The lowest BCUT2D eigenvalue weighted by atomic mass is 9.92. The summed E-state index contributed by atoms with van der Waals surface area (Å²) in [5, 5.41) is 23.2. The number of nitrogens with zero attached hydrogens (tertiary/aromatic N) is 2. The van der Waals surface area contributed by atoms with Crippen molar-refractivity contribution in [3.05, 3.63) is 132 Å². The van der Waals surface area contributed by atoms with E-state index in [1.54, 1.807) is 6.07 Å². The average Bonchev–Trinajstić information content (AvgIpc) is 3.62. The first-order valence-electron chi connectivity index (χ1n) is 13.6. The summed E-state index contributed by atoms with van der Waals surface area (Å²) >= 11 is 0. The molecule has 8 aromatic rings. The molecule has 0 amide bonds. The Bertz CT molecular complexity index is 2450. The summed E-state index contributed by atoms with van der Waals surface area (Å²) in [7, 11) is 0. The minimum Gasteiger partial charge on any atom is -0.456 e. The lowest BCUT2D eigenvalue weighted by Gasteiger charge is -2.12. The van der Waals surface area contributed by atoms with Gasteiger partial charge in [-0.05, 0) is 100 Å². The SMILES string of the molecule is N#Cc1cccc(-c2cc(-c3ccc4oc5ccccc5c4c3)cc(-c3ccc4oc5c(C#N)cccc5c4c3)c2)c1. The van der Waals surface area contributed by atoms with Gasteiger partial charge in [-0.25, -0.2) is 0 Å². The average molecular weight is 537 g/mol. The van der Waals surface area contributed by atoms with E-state index >= 15 is 0 Å². The fraction of sp³-hybridized carbons (Fsp3) is 0. The molecule has 42 heavy (non-hydrogen) atoms. The normalized spacial score (nSPS) is 11.3. The van der Waals surface area contributed by atoms with Gasteiger partial charge < -0.3 is 8.83 Å². The molecule has 0 radical (unpaired) electrons. The highest BCUT2D eigenvalue weighted by molar-refractivity contribution is 6.08. The van der Waals surface area contributed by atoms with Gasteiger partial charge in [0.05, 0.1) is 17.2 Å². The van der Waals surface area contributed by atoms with Gasteiger partial charge in [0.2, 0.25) is 0 Å². The molecular formula is C38H20N2O2. The van der Waals surface area contributed by atoms with Crippen molar-refractivity contribution in [3.8, 4) is 45.5 Å². The van der Waals surface area contributed by atoms with Crippen LogP contribution in [0.2, 0.25) is 0 Å². The zero-order chi connectivity index (χ0) is 28.2. The van der Waals surface area contributed by atoms with Crippen LogP contribution in [0, 0.1) is 22.7 Å². The molecule has 0 atom stereocenters. The summed E-state index contributed by atoms with van der Waals surface area (Å²) in [6.07, 6.45) is 0. The largest absolute Gasteiger partial charge is 0.456 e. The lowest BCUT2D eigenvalue weighted by molar-refractivity contribution is 0.667. The van der Waals surface area contributed by atoms with Crippen molar-refractivity contribution in [1.29, 1.82) is 10.5 Å². The van der Waals surface area contributed by atoms with E-state index in [2.05, 4.69) is 60.7 Å². The first kappa shape index (κ1) is 23.8. The standard InChI is InChI=1S/C38H20N2O2/c39-21-23-5-3-6-24(15-23)28-16-29(25-11-13-36-33(19-25)31-8-1-2-10-35(31)41-36)18-30(17-28)26-12-14-37-34(20-26)32-9-4-7-27(22-40)38(32)42-37/h1-20H. The number of fused-ring (bicyclic) bond motifs is 6. The maximum Gasteiger partial charge on any atom is 0.153 e. The van der Waals surface area contributed by atoms with Gasteiger partial charge in [-0.2, -0.15) is 10.5 Å². The Labute approximate surface area is 240 Å². The van der Waals surface area contributed by atoms with E-state index in [0.29, 0.717) is 16.7 Å². The van der Waals surface area contributed by atoms with Crippen molar-refractivity contribution in [3.63, 3.8) is 0 Å². The van der Waals surface area contributed by atoms with E-state index in [9.17, 15) is 10.5 Å². The monoisotopic (exact) mass is 536 g/mol. The second-order valence-electron chi connectivity index (χ2n) is 10.4. The summed E-state index contributed by atoms with van der Waals surface area (Å²) in [6, 6.07) is 44.9. The molecule has 2 aromatic heterocycles. The van der Waals surface area contributed by atoms with Gasteiger partial charge in [-0.3, -0.25) is 0 Å². The Morgan fingerprint density at radius 1 is 0.405 bits per heavy atom. The molecule has 0 saturated carbocycles. The third-order valence-electron chi connectivity index (χ3n) is 7.92. The summed E-state index contributed by atoms with van der Waals surface area (Å²) < 4.78 is 12.2. The molecule has 6 aromatic carbocycles. The molecule has 4 nitrogen and oxygen atoms in total. The molecule has 0 saturated heterocycles. The van der Waals surface area contributed by atoms with Gasteiger partial charge in [0, 0.05) is 21.5 Å². The van der Waals surface area contributed by atoms with Crippen LogP contribution >= 0.6 is 0 Å². The van der Waals surface area contributed by atoms with Crippen LogP contribution in [0.4, 0.5) is 0 Å². The fourth-order valence-corrected chi connectivity index (χ4v) is 5.87. The van der Waals surface area contributed by atoms with Crippen LogP contribution in [0.3, 0.4) is 0 Å². The molecule has 0 aliphatic heterocycles. The van der Waals surface area contributed by atoms with Crippen LogP contribution in [-0.4, -0.2) is 0 Å². The molecule has 4 heteroatoms. The first-order chi connectivity index (χ1) is 20.7.